The van der Waals surface area contributed by atoms with Gasteiger partial charge in [-0.1, -0.05) is 6.92 Å². The number of aliphatic hydroxyl groups is 1. The second kappa shape index (κ2) is 4.33. The number of halogens is 2. The molecule has 1 atom stereocenters. The summed E-state index contributed by atoms with van der Waals surface area (Å²) in [5.41, 5.74) is -1.73. The Morgan fingerprint density at radius 3 is 2.62 bits per heavy atom. The van der Waals surface area contributed by atoms with Crippen molar-refractivity contribution in [1.82, 2.24) is 4.90 Å². The average molecular weight is 193 g/mol. The molecule has 1 heterocycles. The number of alkyl halides is 2. The molecule has 2 nitrogen and oxygen atoms in total. The van der Waals surface area contributed by atoms with Gasteiger partial charge in [-0.25, -0.2) is 8.78 Å². The fourth-order valence-corrected chi connectivity index (χ4v) is 1.73. The van der Waals surface area contributed by atoms with Crippen molar-refractivity contribution in [1.29, 1.82) is 0 Å². The number of rotatable bonds is 2. The predicted octanol–water partition coefficient (Wildman–Crippen LogP) is 1.49. The Labute approximate surface area is 77.5 Å². The van der Waals surface area contributed by atoms with Crippen molar-refractivity contribution < 1.29 is 13.9 Å². The van der Waals surface area contributed by atoms with Crippen LogP contribution in [-0.2, 0) is 0 Å². The van der Waals surface area contributed by atoms with E-state index in [4.69, 9.17) is 0 Å². The van der Waals surface area contributed by atoms with Gasteiger partial charge in [-0.3, -0.25) is 0 Å². The Morgan fingerprint density at radius 1 is 1.38 bits per heavy atom. The van der Waals surface area contributed by atoms with Gasteiger partial charge in [-0.15, -0.1) is 0 Å². The summed E-state index contributed by atoms with van der Waals surface area (Å²) in [5, 5.41) is 9.57. The lowest BCUT2D eigenvalue weighted by molar-refractivity contribution is -0.103. The lowest BCUT2D eigenvalue weighted by atomic mass is 9.96. The molecule has 0 radical (unpaired) electrons. The Hall–Kier alpha value is -0.220. The minimum absolute atomic E-state index is 0.193. The Bertz CT molecular complexity index is 166. The predicted molar refractivity (Wildman–Crippen MR) is 46.9 cm³/mol. The van der Waals surface area contributed by atoms with E-state index >= 15 is 0 Å². The van der Waals surface area contributed by atoms with Crippen LogP contribution >= 0.6 is 0 Å². The number of likely N-dealkylation sites (tertiary alicyclic amines) is 1. The van der Waals surface area contributed by atoms with Gasteiger partial charge in [0.2, 0.25) is 0 Å². The van der Waals surface area contributed by atoms with Crippen LogP contribution < -0.4 is 0 Å². The van der Waals surface area contributed by atoms with Crippen molar-refractivity contribution in [3.63, 3.8) is 0 Å². The van der Waals surface area contributed by atoms with Crippen molar-refractivity contribution in [3.05, 3.63) is 0 Å². The zero-order chi connectivity index (χ0) is 9.90. The molecule has 1 saturated heterocycles. The molecule has 0 saturated carbocycles. The molecule has 1 fully saturated rings. The average Bonchev–Trinajstić information content (AvgIpc) is 2.28. The van der Waals surface area contributed by atoms with E-state index in [2.05, 4.69) is 4.90 Å². The van der Waals surface area contributed by atoms with Crippen LogP contribution in [0.4, 0.5) is 8.78 Å². The lowest BCUT2D eigenvalue weighted by Gasteiger charge is -2.25. The monoisotopic (exact) mass is 193 g/mol. The molecule has 0 bridgehead atoms. The van der Waals surface area contributed by atoms with Gasteiger partial charge in [-0.2, -0.15) is 0 Å². The SMILES string of the molecule is CCN1CCCC(O)(C(F)F)CC1. The Morgan fingerprint density at radius 2 is 2.08 bits per heavy atom. The van der Waals surface area contributed by atoms with Crippen LogP contribution in [0.5, 0.6) is 0 Å². The van der Waals surface area contributed by atoms with E-state index in [-0.39, 0.29) is 12.8 Å². The maximum atomic E-state index is 12.4. The normalized spacial score (nSPS) is 32.1. The van der Waals surface area contributed by atoms with Gasteiger partial charge in [0.1, 0.15) is 5.60 Å². The molecule has 1 N–H and O–H groups in total. The second-order valence-corrected chi connectivity index (χ2v) is 3.69. The van der Waals surface area contributed by atoms with Crippen molar-refractivity contribution in [2.24, 2.45) is 0 Å². The molecular weight excluding hydrogens is 176 g/mol. The third kappa shape index (κ3) is 2.61. The van der Waals surface area contributed by atoms with E-state index in [1.54, 1.807) is 0 Å². The van der Waals surface area contributed by atoms with E-state index in [0.29, 0.717) is 13.0 Å². The van der Waals surface area contributed by atoms with E-state index in [1.807, 2.05) is 6.92 Å². The summed E-state index contributed by atoms with van der Waals surface area (Å²) in [7, 11) is 0. The van der Waals surface area contributed by atoms with Crippen LogP contribution in [0.1, 0.15) is 26.2 Å². The third-order valence-electron chi connectivity index (χ3n) is 2.80. The molecule has 13 heavy (non-hydrogen) atoms. The summed E-state index contributed by atoms with van der Waals surface area (Å²) in [6.45, 7) is 4.29. The van der Waals surface area contributed by atoms with Crippen LogP contribution in [-0.4, -0.2) is 41.7 Å². The van der Waals surface area contributed by atoms with E-state index < -0.39 is 12.0 Å². The zero-order valence-electron chi connectivity index (χ0n) is 7.97. The van der Waals surface area contributed by atoms with Gasteiger partial charge in [0, 0.05) is 6.54 Å². The molecule has 0 amide bonds. The minimum Gasteiger partial charge on any atom is -0.384 e. The van der Waals surface area contributed by atoms with Crippen LogP contribution in [0.3, 0.4) is 0 Å². The van der Waals surface area contributed by atoms with Crippen LogP contribution in [0.25, 0.3) is 0 Å². The third-order valence-corrected chi connectivity index (χ3v) is 2.80. The molecule has 4 heteroatoms. The van der Waals surface area contributed by atoms with Crippen molar-refractivity contribution >= 4 is 0 Å². The topological polar surface area (TPSA) is 23.5 Å². The van der Waals surface area contributed by atoms with Crippen molar-refractivity contribution in [2.45, 2.75) is 38.2 Å². The van der Waals surface area contributed by atoms with Gasteiger partial charge in [0.15, 0.2) is 0 Å². The highest BCUT2D eigenvalue weighted by Crippen LogP contribution is 2.28. The highest BCUT2D eigenvalue weighted by atomic mass is 19.3. The second-order valence-electron chi connectivity index (χ2n) is 3.69. The molecule has 1 aliphatic rings. The first kappa shape index (κ1) is 10.9. The fraction of sp³-hybridized carbons (Fsp3) is 1.00. The summed E-state index contributed by atoms with van der Waals surface area (Å²) in [4.78, 5) is 2.10. The van der Waals surface area contributed by atoms with E-state index in [0.717, 1.165) is 13.1 Å². The molecule has 78 valence electrons. The molecule has 0 aliphatic carbocycles. The molecule has 1 unspecified atom stereocenters. The summed E-state index contributed by atoms with van der Waals surface area (Å²) in [6, 6.07) is 0. The molecule has 0 aromatic heterocycles. The van der Waals surface area contributed by atoms with Gasteiger partial charge >= 0.3 is 0 Å². The molecule has 1 aliphatic heterocycles. The van der Waals surface area contributed by atoms with Gasteiger partial charge in [0.25, 0.3) is 6.43 Å². The Balaban J connectivity index is 2.52. The fourth-order valence-electron chi connectivity index (χ4n) is 1.73. The van der Waals surface area contributed by atoms with Crippen LogP contribution in [0.15, 0.2) is 0 Å². The summed E-state index contributed by atoms with van der Waals surface area (Å²) >= 11 is 0. The number of hydrogen-bond donors (Lipinski definition) is 1. The molecule has 0 spiro atoms. The number of hydrogen-bond acceptors (Lipinski definition) is 2. The van der Waals surface area contributed by atoms with Crippen molar-refractivity contribution in [2.75, 3.05) is 19.6 Å². The molecular formula is C9H17F2NO. The smallest absolute Gasteiger partial charge is 0.266 e. The summed E-state index contributed by atoms with van der Waals surface area (Å²) in [6.07, 6.45) is -1.53. The summed E-state index contributed by atoms with van der Waals surface area (Å²) < 4.78 is 24.9. The largest absolute Gasteiger partial charge is 0.384 e. The molecule has 0 aromatic rings. The van der Waals surface area contributed by atoms with Gasteiger partial charge < -0.3 is 10.0 Å². The Kier molecular flexibility index (Phi) is 3.62. The first-order valence-electron chi connectivity index (χ1n) is 4.81. The quantitative estimate of drug-likeness (QED) is 0.718. The molecule has 1 rings (SSSR count). The highest BCUT2D eigenvalue weighted by molar-refractivity contribution is 4.85. The highest BCUT2D eigenvalue weighted by Gasteiger charge is 2.38. The summed E-state index contributed by atoms with van der Waals surface area (Å²) in [5.74, 6) is 0. The first-order valence-corrected chi connectivity index (χ1v) is 4.81. The minimum atomic E-state index is -2.61. The number of nitrogens with zero attached hydrogens (tertiary/aromatic N) is 1. The van der Waals surface area contributed by atoms with Crippen molar-refractivity contribution in [3.8, 4) is 0 Å². The van der Waals surface area contributed by atoms with Crippen LogP contribution in [0, 0.1) is 0 Å². The van der Waals surface area contributed by atoms with Gasteiger partial charge in [-0.05, 0) is 32.4 Å². The maximum Gasteiger partial charge on any atom is 0.266 e. The van der Waals surface area contributed by atoms with Gasteiger partial charge in [0.05, 0.1) is 0 Å². The first-order chi connectivity index (χ1) is 6.08. The standard InChI is InChI=1S/C9H17F2NO/c1-2-12-6-3-4-9(13,5-7-12)8(10)11/h8,13H,2-7H2,1H3. The van der Waals surface area contributed by atoms with Crippen LogP contribution in [0.2, 0.25) is 0 Å². The lowest BCUT2D eigenvalue weighted by Crippen LogP contribution is -2.38. The molecule has 0 aromatic carbocycles. The zero-order valence-corrected chi connectivity index (χ0v) is 7.97. The maximum absolute atomic E-state index is 12.4. The van der Waals surface area contributed by atoms with E-state index in [1.165, 1.54) is 0 Å². The van der Waals surface area contributed by atoms with E-state index in [9.17, 15) is 13.9 Å².